The molecule has 0 aliphatic carbocycles. The van der Waals surface area contributed by atoms with Crippen LogP contribution in [0.1, 0.15) is 16.7 Å². The van der Waals surface area contributed by atoms with Gasteiger partial charge in [0.1, 0.15) is 29.8 Å². The van der Waals surface area contributed by atoms with Crippen LogP contribution in [0.15, 0.2) is 115 Å². The van der Waals surface area contributed by atoms with Gasteiger partial charge >= 0.3 is 0 Å². The summed E-state index contributed by atoms with van der Waals surface area (Å²) in [6.07, 6.45) is -4.02. The number of benzene rings is 4. The van der Waals surface area contributed by atoms with Gasteiger partial charge in [-0.1, -0.05) is 91.0 Å². The highest BCUT2D eigenvalue weighted by Gasteiger charge is 2.48. The Hall–Kier alpha value is -3.72. The van der Waals surface area contributed by atoms with Gasteiger partial charge < -0.3 is 33.5 Å². The fraction of sp³-hybridized carbons (Fsp3) is 0.294. The smallest absolute Gasteiger partial charge is 0.185 e. The summed E-state index contributed by atoms with van der Waals surface area (Å²) in [5.41, 5.74) is 3.02. The van der Waals surface area contributed by atoms with E-state index in [2.05, 4.69) is 0 Å². The van der Waals surface area contributed by atoms with Crippen molar-refractivity contribution in [1.82, 2.24) is 0 Å². The molecule has 0 aromatic heterocycles. The number of aliphatic hydroxyl groups excluding tert-OH is 1. The van der Waals surface area contributed by atoms with Crippen molar-refractivity contribution in [1.29, 1.82) is 0 Å². The van der Waals surface area contributed by atoms with Crippen LogP contribution in [-0.2, 0) is 38.8 Å². The lowest BCUT2D eigenvalue weighted by atomic mass is 9.98. The predicted molar refractivity (Wildman–Crippen MR) is 154 cm³/mol. The van der Waals surface area contributed by atoms with Gasteiger partial charge in [-0.15, -0.1) is 0 Å². The average Bonchev–Trinajstić information content (AvgIpc) is 3.02. The van der Waals surface area contributed by atoms with Crippen molar-refractivity contribution in [3.05, 3.63) is 132 Å². The van der Waals surface area contributed by atoms with Gasteiger partial charge in [0.05, 0.1) is 33.5 Å². The first kappa shape index (κ1) is 28.8. The van der Waals surface area contributed by atoms with Crippen molar-refractivity contribution < 1.29 is 33.5 Å². The van der Waals surface area contributed by atoms with Crippen molar-refractivity contribution in [3.63, 3.8) is 0 Å². The van der Waals surface area contributed by atoms with Gasteiger partial charge in [0.2, 0.25) is 0 Å². The Morgan fingerprint density at radius 2 is 1.07 bits per heavy atom. The third-order valence-electron chi connectivity index (χ3n) is 6.91. The lowest BCUT2D eigenvalue weighted by molar-refractivity contribution is -0.304. The van der Waals surface area contributed by atoms with E-state index in [1.165, 1.54) is 0 Å². The Labute approximate surface area is 241 Å². The van der Waals surface area contributed by atoms with E-state index >= 15 is 0 Å². The first-order chi connectivity index (χ1) is 20.2. The van der Waals surface area contributed by atoms with Crippen LogP contribution in [0.5, 0.6) is 11.5 Å². The molecule has 0 unspecified atom stereocenters. The van der Waals surface area contributed by atoms with Crippen molar-refractivity contribution >= 4 is 0 Å². The Morgan fingerprint density at radius 1 is 0.585 bits per heavy atom. The number of hydrogen-bond donors (Lipinski definition) is 1. The molecule has 4 aromatic carbocycles. The fourth-order valence-corrected chi connectivity index (χ4v) is 4.75. The SMILES string of the molecule is COc1ccc(O[C@@H]2[C@H](OCc3ccccc3)[C@@H](O)O[C@H](COCc3ccccc3)[C@H]2OCc2ccccc2)cc1. The van der Waals surface area contributed by atoms with Crippen LogP contribution in [0.25, 0.3) is 0 Å². The molecule has 4 aromatic rings. The quantitative estimate of drug-likeness (QED) is 0.232. The Morgan fingerprint density at radius 3 is 1.61 bits per heavy atom. The van der Waals surface area contributed by atoms with E-state index in [4.69, 9.17) is 28.4 Å². The molecule has 1 N–H and O–H groups in total. The molecule has 1 fully saturated rings. The molecule has 0 amide bonds. The predicted octanol–water partition coefficient (Wildman–Crippen LogP) is 5.55. The van der Waals surface area contributed by atoms with E-state index in [1.807, 2.05) is 115 Å². The lowest BCUT2D eigenvalue weighted by Gasteiger charge is -2.44. The molecule has 1 saturated heterocycles. The van der Waals surface area contributed by atoms with Crippen LogP contribution in [0.2, 0.25) is 0 Å². The fourth-order valence-electron chi connectivity index (χ4n) is 4.75. The average molecular weight is 557 g/mol. The number of ether oxygens (including phenoxy) is 6. The third kappa shape index (κ3) is 8.16. The zero-order valence-electron chi connectivity index (χ0n) is 23.1. The lowest BCUT2D eigenvalue weighted by Crippen LogP contribution is -2.62. The minimum atomic E-state index is -1.26. The van der Waals surface area contributed by atoms with E-state index in [-0.39, 0.29) is 13.2 Å². The summed E-state index contributed by atoms with van der Waals surface area (Å²) in [7, 11) is 1.62. The maximum absolute atomic E-state index is 11.2. The van der Waals surface area contributed by atoms with E-state index in [9.17, 15) is 5.11 Å². The van der Waals surface area contributed by atoms with Crippen LogP contribution >= 0.6 is 0 Å². The largest absolute Gasteiger partial charge is 0.497 e. The van der Waals surface area contributed by atoms with E-state index in [0.717, 1.165) is 16.7 Å². The summed E-state index contributed by atoms with van der Waals surface area (Å²) in [4.78, 5) is 0. The van der Waals surface area contributed by atoms with E-state index < -0.39 is 30.7 Å². The molecule has 0 radical (unpaired) electrons. The van der Waals surface area contributed by atoms with Gasteiger partial charge in [-0.2, -0.15) is 0 Å². The maximum Gasteiger partial charge on any atom is 0.185 e. The zero-order chi connectivity index (χ0) is 28.3. The third-order valence-corrected chi connectivity index (χ3v) is 6.91. The Kier molecular flexibility index (Phi) is 10.4. The number of aliphatic hydroxyl groups is 1. The number of methoxy groups -OCH3 is 1. The monoisotopic (exact) mass is 556 g/mol. The highest BCUT2D eigenvalue weighted by Crippen LogP contribution is 2.31. The summed E-state index contributed by atoms with van der Waals surface area (Å²) in [5, 5.41) is 11.2. The van der Waals surface area contributed by atoms with Crippen molar-refractivity contribution in [2.24, 2.45) is 0 Å². The minimum absolute atomic E-state index is 0.194. The Balaban J connectivity index is 1.39. The molecule has 1 aliphatic heterocycles. The molecule has 0 bridgehead atoms. The molecule has 0 saturated carbocycles. The molecule has 1 heterocycles. The van der Waals surface area contributed by atoms with Gasteiger partial charge in [-0.25, -0.2) is 0 Å². The van der Waals surface area contributed by atoms with Gasteiger partial charge in [-0.05, 0) is 41.0 Å². The summed E-state index contributed by atoms with van der Waals surface area (Å²) in [6, 6.07) is 36.9. The first-order valence-corrected chi connectivity index (χ1v) is 13.8. The molecule has 7 nitrogen and oxygen atoms in total. The standard InChI is InChI=1S/C34H36O7/c1-36-28-17-19-29(20-18-28)40-32-31(38-22-26-13-7-3-8-14-26)30(24-37-21-25-11-5-2-6-12-25)41-34(35)33(32)39-23-27-15-9-4-10-16-27/h2-20,30-35H,21-24H2,1H3/t30-,31-,32+,33+,34+/m1/s1. The molecular weight excluding hydrogens is 520 g/mol. The molecule has 214 valence electrons. The minimum Gasteiger partial charge on any atom is -0.497 e. The molecule has 5 rings (SSSR count). The summed E-state index contributed by atoms with van der Waals surface area (Å²) < 4.78 is 36.8. The normalized spacial score (nSPS) is 22.2. The van der Waals surface area contributed by atoms with Crippen LogP contribution < -0.4 is 9.47 Å². The highest BCUT2D eigenvalue weighted by atomic mass is 16.7. The van der Waals surface area contributed by atoms with Crippen molar-refractivity contribution in [2.45, 2.75) is 50.5 Å². The summed E-state index contributed by atoms with van der Waals surface area (Å²) >= 11 is 0. The number of rotatable bonds is 13. The topological polar surface area (TPSA) is 75.6 Å². The molecule has 5 atom stereocenters. The van der Waals surface area contributed by atoms with Crippen LogP contribution in [0.4, 0.5) is 0 Å². The molecule has 0 spiro atoms. The molecule has 7 heteroatoms. The highest BCUT2D eigenvalue weighted by molar-refractivity contribution is 5.31. The second-order valence-corrected chi connectivity index (χ2v) is 9.85. The molecular formula is C34H36O7. The van der Waals surface area contributed by atoms with Crippen LogP contribution in [-0.4, -0.2) is 49.5 Å². The van der Waals surface area contributed by atoms with Gasteiger partial charge in [-0.3, -0.25) is 0 Å². The zero-order valence-corrected chi connectivity index (χ0v) is 23.1. The number of hydrogen-bond acceptors (Lipinski definition) is 7. The van der Waals surface area contributed by atoms with Gasteiger partial charge in [0, 0.05) is 0 Å². The van der Waals surface area contributed by atoms with E-state index in [0.29, 0.717) is 24.7 Å². The van der Waals surface area contributed by atoms with Gasteiger partial charge in [0.25, 0.3) is 0 Å². The van der Waals surface area contributed by atoms with Gasteiger partial charge in [0.15, 0.2) is 12.4 Å². The second kappa shape index (κ2) is 14.8. The van der Waals surface area contributed by atoms with Crippen molar-refractivity contribution in [2.75, 3.05) is 13.7 Å². The van der Waals surface area contributed by atoms with Crippen LogP contribution in [0.3, 0.4) is 0 Å². The van der Waals surface area contributed by atoms with Crippen molar-refractivity contribution in [3.8, 4) is 11.5 Å². The van der Waals surface area contributed by atoms with Crippen LogP contribution in [0, 0.1) is 0 Å². The first-order valence-electron chi connectivity index (χ1n) is 13.8. The maximum atomic E-state index is 11.2. The summed E-state index contributed by atoms with van der Waals surface area (Å²) in [5.74, 6) is 1.31. The van der Waals surface area contributed by atoms with E-state index in [1.54, 1.807) is 7.11 Å². The Bertz CT molecular complexity index is 1290. The second-order valence-electron chi connectivity index (χ2n) is 9.85. The summed E-state index contributed by atoms with van der Waals surface area (Å²) in [6.45, 7) is 1.20. The molecule has 1 aliphatic rings. The molecule has 41 heavy (non-hydrogen) atoms.